The standard InChI is InChI=1S/C27H32N4O4/c1-16(2)28-11-6-12-30-25(33)27(3)15-21-20-14-19(35-4)9-10-22(20)29-23(21)24(31(27)26(30)34)17-7-5-8-18(32)13-17/h5,7-10,13-14,16,24,28-29,32H,6,11-12,15H2,1-4H3/t24-,27+/m1/s1. The third kappa shape index (κ3) is 3.72. The van der Waals surface area contributed by atoms with Crippen molar-refractivity contribution in [2.75, 3.05) is 20.2 Å². The number of hydrogen-bond acceptors (Lipinski definition) is 5. The highest BCUT2D eigenvalue weighted by atomic mass is 16.5. The van der Waals surface area contributed by atoms with Crippen molar-refractivity contribution in [2.24, 2.45) is 0 Å². The number of phenols is 1. The van der Waals surface area contributed by atoms with Crippen molar-refractivity contribution < 1.29 is 19.4 Å². The van der Waals surface area contributed by atoms with Gasteiger partial charge >= 0.3 is 6.03 Å². The summed E-state index contributed by atoms with van der Waals surface area (Å²) in [6, 6.07) is 12.2. The maximum atomic E-state index is 13.8. The minimum Gasteiger partial charge on any atom is -0.508 e. The van der Waals surface area contributed by atoms with Gasteiger partial charge in [0.25, 0.3) is 5.91 Å². The molecule has 2 aromatic carbocycles. The molecule has 3 aromatic rings. The fraction of sp³-hybridized carbons (Fsp3) is 0.407. The first-order valence-corrected chi connectivity index (χ1v) is 12.1. The summed E-state index contributed by atoms with van der Waals surface area (Å²) in [5.41, 5.74) is 2.49. The molecule has 3 N–H and O–H groups in total. The molecule has 0 unspecified atom stereocenters. The molecular weight excluding hydrogens is 444 g/mol. The Balaban J connectivity index is 1.61. The zero-order valence-electron chi connectivity index (χ0n) is 20.6. The van der Waals surface area contributed by atoms with E-state index in [0.717, 1.165) is 40.0 Å². The van der Waals surface area contributed by atoms with Crippen LogP contribution in [0.2, 0.25) is 0 Å². The van der Waals surface area contributed by atoms with E-state index in [1.807, 2.05) is 31.2 Å². The van der Waals surface area contributed by atoms with Crippen molar-refractivity contribution >= 4 is 22.8 Å². The summed E-state index contributed by atoms with van der Waals surface area (Å²) in [4.78, 5) is 34.2. The lowest BCUT2D eigenvalue weighted by Crippen LogP contribution is -2.53. The minimum atomic E-state index is -1.04. The molecule has 35 heavy (non-hydrogen) atoms. The van der Waals surface area contributed by atoms with Crippen LogP contribution in [0.4, 0.5) is 4.79 Å². The van der Waals surface area contributed by atoms with Crippen LogP contribution in [-0.2, 0) is 11.2 Å². The molecular formula is C27H32N4O4. The van der Waals surface area contributed by atoms with Gasteiger partial charge in [0.15, 0.2) is 0 Å². The average molecular weight is 477 g/mol. The van der Waals surface area contributed by atoms with Gasteiger partial charge in [-0.3, -0.25) is 14.6 Å². The smallest absolute Gasteiger partial charge is 0.328 e. The highest BCUT2D eigenvalue weighted by Gasteiger charge is 2.60. The van der Waals surface area contributed by atoms with Crippen molar-refractivity contribution in [1.29, 1.82) is 0 Å². The summed E-state index contributed by atoms with van der Waals surface area (Å²) in [5, 5.41) is 14.6. The third-order valence-electron chi connectivity index (χ3n) is 7.17. The van der Waals surface area contributed by atoms with E-state index in [2.05, 4.69) is 24.1 Å². The number of amides is 3. The zero-order chi connectivity index (χ0) is 24.9. The fourth-order valence-corrected chi connectivity index (χ4v) is 5.49. The molecule has 2 aliphatic heterocycles. The number of rotatable bonds is 7. The number of hydrogen-bond donors (Lipinski definition) is 3. The van der Waals surface area contributed by atoms with Crippen LogP contribution >= 0.6 is 0 Å². The molecule has 8 heteroatoms. The molecule has 5 rings (SSSR count). The third-order valence-corrected chi connectivity index (χ3v) is 7.17. The minimum absolute atomic E-state index is 0.115. The number of H-pyrrole nitrogens is 1. The SMILES string of the molecule is COc1ccc2[nH]c3c(c2c1)C[C@@]1(C)C(=O)N(CCCNC(C)C)C(=O)N1[C@@H]3c1cccc(O)c1. The van der Waals surface area contributed by atoms with E-state index < -0.39 is 11.6 Å². The van der Waals surface area contributed by atoms with Crippen molar-refractivity contribution in [3.05, 3.63) is 59.3 Å². The monoisotopic (exact) mass is 476 g/mol. The van der Waals surface area contributed by atoms with Crippen molar-refractivity contribution in [3.63, 3.8) is 0 Å². The lowest BCUT2D eigenvalue weighted by Gasteiger charge is -2.42. The number of ether oxygens (including phenoxy) is 1. The Morgan fingerprint density at radius 1 is 1.23 bits per heavy atom. The lowest BCUT2D eigenvalue weighted by molar-refractivity contribution is -0.133. The molecule has 1 saturated heterocycles. The predicted octanol–water partition coefficient (Wildman–Crippen LogP) is 3.94. The molecule has 2 atom stereocenters. The van der Waals surface area contributed by atoms with Gasteiger partial charge in [-0.25, -0.2) is 4.79 Å². The van der Waals surface area contributed by atoms with E-state index in [1.54, 1.807) is 30.2 Å². The first-order chi connectivity index (χ1) is 16.7. The van der Waals surface area contributed by atoms with Crippen LogP contribution in [0.25, 0.3) is 10.9 Å². The number of fused-ring (bicyclic) bond motifs is 4. The Morgan fingerprint density at radius 2 is 2.03 bits per heavy atom. The van der Waals surface area contributed by atoms with E-state index in [-0.39, 0.29) is 17.7 Å². The highest BCUT2D eigenvalue weighted by molar-refractivity contribution is 6.08. The van der Waals surface area contributed by atoms with Gasteiger partial charge in [0.1, 0.15) is 23.1 Å². The molecule has 0 spiro atoms. The quantitative estimate of drug-likeness (QED) is 0.355. The fourth-order valence-electron chi connectivity index (χ4n) is 5.49. The second kappa shape index (κ2) is 8.61. The zero-order valence-corrected chi connectivity index (χ0v) is 20.6. The van der Waals surface area contributed by atoms with Gasteiger partial charge in [-0.15, -0.1) is 0 Å². The van der Waals surface area contributed by atoms with Crippen LogP contribution in [0.5, 0.6) is 11.5 Å². The van der Waals surface area contributed by atoms with E-state index in [0.29, 0.717) is 25.4 Å². The maximum Gasteiger partial charge on any atom is 0.328 e. The van der Waals surface area contributed by atoms with Gasteiger partial charge in [0.2, 0.25) is 0 Å². The first-order valence-electron chi connectivity index (χ1n) is 12.1. The Kier molecular flexibility index (Phi) is 5.71. The van der Waals surface area contributed by atoms with E-state index >= 15 is 0 Å². The molecule has 0 radical (unpaired) electrons. The van der Waals surface area contributed by atoms with Crippen LogP contribution in [0.15, 0.2) is 42.5 Å². The number of methoxy groups -OCH3 is 1. The summed E-state index contributed by atoms with van der Waals surface area (Å²) in [7, 11) is 1.63. The Bertz CT molecular complexity index is 1300. The number of carbonyl (C=O) groups is 2. The second-order valence-corrected chi connectivity index (χ2v) is 9.95. The number of aromatic amines is 1. The number of phenolic OH excluding ortho intramolecular Hbond substituents is 1. The van der Waals surface area contributed by atoms with Crippen LogP contribution in [0, 0.1) is 0 Å². The Labute approximate surface area is 204 Å². The number of carbonyl (C=O) groups excluding carboxylic acids is 2. The molecule has 0 aliphatic carbocycles. The molecule has 3 heterocycles. The number of urea groups is 1. The van der Waals surface area contributed by atoms with Crippen LogP contribution in [0.3, 0.4) is 0 Å². The van der Waals surface area contributed by atoms with Crippen molar-refractivity contribution in [1.82, 2.24) is 20.1 Å². The highest BCUT2D eigenvalue weighted by Crippen LogP contribution is 2.49. The molecule has 0 saturated carbocycles. The average Bonchev–Trinajstić information content (AvgIpc) is 3.27. The normalized spacial score (nSPS) is 21.7. The molecule has 1 aromatic heterocycles. The summed E-state index contributed by atoms with van der Waals surface area (Å²) in [5.74, 6) is 0.665. The molecule has 1 fully saturated rings. The molecule has 184 valence electrons. The van der Waals surface area contributed by atoms with E-state index in [4.69, 9.17) is 4.74 Å². The van der Waals surface area contributed by atoms with Gasteiger partial charge in [-0.2, -0.15) is 0 Å². The van der Waals surface area contributed by atoms with Gasteiger partial charge in [0, 0.05) is 35.6 Å². The number of aromatic hydroxyl groups is 1. The van der Waals surface area contributed by atoms with Gasteiger partial charge < -0.3 is 20.1 Å². The van der Waals surface area contributed by atoms with E-state index in [9.17, 15) is 14.7 Å². The first kappa shape index (κ1) is 23.2. The Hall–Kier alpha value is -3.52. The van der Waals surface area contributed by atoms with Crippen LogP contribution in [-0.4, -0.2) is 63.6 Å². The maximum absolute atomic E-state index is 13.8. The topological polar surface area (TPSA) is 97.9 Å². The summed E-state index contributed by atoms with van der Waals surface area (Å²) >= 11 is 0. The van der Waals surface area contributed by atoms with Gasteiger partial charge in [-0.05, 0) is 61.3 Å². The van der Waals surface area contributed by atoms with Crippen LogP contribution in [0.1, 0.15) is 50.1 Å². The lowest BCUT2D eigenvalue weighted by atomic mass is 9.81. The summed E-state index contributed by atoms with van der Waals surface area (Å²) in [6.45, 7) is 7.09. The van der Waals surface area contributed by atoms with Gasteiger partial charge in [-0.1, -0.05) is 26.0 Å². The molecule has 2 aliphatic rings. The number of imide groups is 1. The van der Waals surface area contributed by atoms with Crippen LogP contribution < -0.4 is 10.1 Å². The number of aromatic nitrogens is 1. The van der Waals surface area contributed by atoms with E-state index in [1.165, 1.54) is 4.90 Å². The molecule has 8 nitrogen and oxygen atoms in total. The van der Waals surface area contributed by atoms with Crippen molar-refractivity contribution in [3.8, 4) is 11.5 Å². The molecule has 3 amide bonds. The largest absolute Gasteiger partial charge is 0.508 e. The number of nitrogens with one attached hydrogen (secondary N) is 2. The number of benzene rings is 2. The second-order valence-electron chi connectivity index (χ2n) is 9.95. The summed E-state index contributed by atoms with van der Waals surface area (Å²) < 4.78 is 5.46. The predicted molar refractivity (Wildman–Crippen MR) is 134 cm³/mol. The number of nitrogens with zero attached hydrogens (tertiary/aromatic N) is 2. The Morgan fingerprint density at radius 3 is 2.74 bits per heavy atom. The molecule has 0 bridgehead atoms. The van der Waals surface area contributed by atoms with Gasteiger partial charge in [0.05, 0.1) is 7.11 Å². The van der Waals surface area contributed by atoms with Crippen molar-refractivity contribution in [2.45, 2.75) is 51.2 Å². The summed E-state index contributed by atoms with van der Waals surface area (Å²) in [6.07, 6.45) is 1.08.